The average molecular weight is 360 g/mol. The van der Waals surface area contributed by atoms with Gasteiger partial charge in [0.05, 0.1) is 24.2 Å². The first-order chi connectivity index (χ1) is 12.1. The van der Waals surface area contributed by atoms with Crippen molar-refractivity contribution in [2.24, 2.45) is 11.8 Å². The molecule has 2 fully saturated rings. The van der Waals surface area contributed by atoms with Gasteiger partial charge in [-0.3, -0.25) is 4.79 Å². The normalized spacial score (nSPS) is 24.6. The Morgan fingerprint density at radius 1 is 1.28 bits per heavy atom. The van der Waals surface area contributed by atoms with Gasteiger partial charge in [-0.2, -0.15) is 10.2 Å². The Morgan fingerprint density at radius 2 is 2.04 bits per heavy atom. The van der Waals surface area contributed by atoms with Crippen LogP contribution in [0.1, 0.15) is 11.6 Å². The Hall–Kier alpha value is -2.25. The minimum absolute atomic E-state index is 0.147. The number of hydrogen-bond acceptors (Lipinski definition) is 4. The zero-order valence-corrected chi connectivity index (χ0v) is 13.9. The van der Waals surface area contributed by atoms with Crippen LogP contribution in [0.15, 0.2) is 35.3 Å². The Bertz CT molecular complexity index is 1040. The molecule has 0 bridgehead atoms. The molecule has 8 heteroatoms. The maximum atomic E-state index is 13.9. The molecule has 0 radical (unpaired) electrons. The summed E-state index contributed by atoms with van der Waals surface area (Å²) in [6.07, 6.45) is 1.59. The first-order valence-corrected chi connectivity index (χ1v) is 8.61. The standard InChI is InChI=1S/C17H15ClFN5O/c18-16-12-7-21-24(15-10-5-20-6-11(10)15)17(25)14(12)22-23(16)8-9-3-1-2-4-13(9)19/h1-4,7,10-11,15,20H,5-6,8H2. The predicted octanol–water partition coefficient (Wildman–Crippen LogP) is 1.82. The lowest BCUT2D eigenvalue weighted by atomic mass is 10.2. The van der Waals surface area contributed by atoms with E-state index in [1.54, 1.807) is 24.4 Å². The van der Waals surface area contributed by atoms with Crippen LogP contribution in [0.5, 0.6) is 0 Å². The van der Waals surface area contributed by atoms with Crippen LogP contribution in [0, 0.1) is 17.7 Å². The molecule has 1 saturated heterocycles. The fourth-order valence-electron chi connectivity index (χ4n) is 3.86. The molecule has 1 aliphatic carbocycles. The maximum absolute atomic E-state index is 13.9. The first kappa shape index (κ1) is 15.0. The number of piperidine rings is 1. The third-order valence-electron chi connectivity index (χ3n) is 5.25. The smallest absolute Gasteiger partial charge is 0.295 e. The molecule has 5 rings (SSSR count). The van der Waals surface area contributed by atoms with Crippen LogP contribution in [0.2, 0.25) is 5.15 Å². The van der Waals surface area contributed by atoms with Crippen molar-refractivity contribution in [1.82, 2.24) is 24.9 Å². The molecular weight excluding hydrogens is 345 g/mol. The van der Waals surface area contributed by atoms with Crippen molar-refractivity contribution in [3.8, 4) is 0 Å². The van der Waals surface area contributed by atoms with Gasteiger partial charge in [0.25, 0.3) is 5.56 Å². The van der Waals surface area contributed by atoms with E-state index in [1.807, 2.05) is 0 Å². The van der Waals surface area contributed by atoms with Gasteiger partial charge in [-0.05, 0) is 6.07 Å². The second-order valence-electron chi connectivity index (χ2n) is 6.67. The molecule has 1 aliphatic heterocycles. The number of nitrogens with one attached hydrogen (secondary N) is 1. The molecule has 1 saturated carbocycles. The van der Waals surface area contributed by atoms with E-state index >= 15 is 0 Å². The molecule has 6 nitrogen and oxygen atoms in total. The number of halogens is 2. The Kier molecular flexibility index (Phi) is 3.23. The summed E-state index contributed by atoms with van der Waals surface area (Å²) in [6, 6.07) is 6.59. The third kappa shape index (κ3) is 2.22. The van der Waals surface area contributed by atoms with E-state index in [-0.39, 0.29) is 29.5 Å². The molecule has 2 aliphatic rings. The number of fused-ring (bicyclic) bond motifs is 2. The number of rotatable bonds is 3. The van der Waals surface area contributed by atoms with E-state index in [0.717, 1.165) is 13.1 Å². The molecule has 1 N–H and O–H groups in total. The Labute approximate surface area is 147 Å². The van der Waals surface area contributed by atoms with Gasteiger partial charge in [-0.15, -0.1) is 0 Å². The van der Waals surface area contributed by atoms with E-state index in [0.29, 0.717) is 27.9 Å². The second-order valence-corrected chi connectivity index (χ2v) is 7.03. The number of benzene rings is 1. The number of aromatic nitrogens is 4. The summed E-state index contributed by atoms with van der Waals surface area (Å²) < 4.78 is 16.9. The highest BCUT2D eigenvalue weighted by molar-refractivity contribution is 6.34. The molecule has 0 spiro atoms. The van der Waals surface area contributed by atoms with Crippen molar-refractivity contribution in [3.05, 3.63) is 57.3 Å². The molecule has 1 aromatic carbocycles. The van der Waals surface area contributed by atoms with Gasteiger partial charge in [-0.25, -0.2) is 13.8 Å². The van der Waals surface area contributed by atoms with E-state index < -0.39 is 0 Å². The zero-order chi connectivity index (χ0) is 17.1. The highest BCUT2D eigenvalue weighted by Crippen LogP contribution is 2.51. The molecule has 128 valence electrons. The van der Waals surface area contributed by atoms with Gasteiger partial charge in [0.1, 0.15) is 11.0 Å². The quantitative estimate of drug-likeness (QED) is 0.775. The summed E-state index contributed by atoms with van der Waals surface area (Å²) in [5.74, 6) is 0.615. The minimum atomic E-state index is -0.327. The van der Waals surface area contributed by atoms with Crippen LogP contribution in [-0.2, 0) is 6.54 Å². The number of hydrogen-bond donors (Lipinski definition) is 1. The van der Waals surface area contributed by atoms with Gasteiger partial charge in [0, 0.05) is 30.5 Å². The van der Waals surface area contributed by atoms with Gasteiger partial charge in [0.2, 0.25) is 0 Å². The number of nitrogens with zero attached hydrogens (tertiary/aromatic N) is 4. The average Bonchev–Trinajstić information content (AvgIpc) is 2.93. The molecule has 2 atom stereocenters. The fraction of sp³-hybridized carbons (Fsp3) is 0.353. The summed E-state index contributed by atoms with van der Waals surface area (Å²) in [7, 11) is 0. The molecule has 3 heterocycles. The van der Waals surface area contributed by atoms with E-state index in [1.165, 1.54) is 15.4 Å². The first-order valence-electron chi connectivity index (χ1n) is 8.23. The largest absolute Gasteiger partial charge is 0.316 e. The minimum Gasteiger partial charge on any atom is -0.316 e. The van der Waals surface area contributed by atoms with Crippen LogP contribution >= 0.6 is 11.6 Å². The van der Waals surface area contributed by atoms with Crippen molar-refractivity contribution in [2.75, 3.05) is 13.1 Å². The summed E-state index contributed by atoms with van der Waals surface area (Å²) in [5.41, 5.74) is 0.522. The van der Waals surface area contributed by atoms with E-state index in [2.05, 4.69) is 15.5 Å². The molecular formula is C17H15ClFN5O. The monoisotopic (exact) mass is 359 g/mol. The SMILES string of the molecule is O=c1c2nn(Cc3ccccc3F)c(Cl)c2cnn1C1C2CNCC21. The van der Waals surface area contributed by atoms with E-state index in [9.17, 15) is 9.18 Å². The topological polar surface area (TPSA) is 64.7 Å². The lowest BCUT2D eigenvalue weighted by Crippen LogP contribution is -2.27. The van der Waals surface area contributed by atoms with Crippen LogP contribution in [0.25, 0.3) is 10.9 Å². The van der Waals surface area contributed by atoms with E-state index in [4.69, 9.17) is 11.6 Å². The van der Waals surface area contributed by atoms with Crippen molar-refractivity contribution in [1.29, 1.82) is 0 Å². The van der Waals surface area contributed by atoms with Crippen LogP contribution in [-0.4, -0.2) is 32.7 Å². The highest BCUT2D eigenvalue weighted by Gasteiger charge is 2.55. The summed E-state index contributed by atoms with van der Waals surface area (Å²) >= 11 is 6.35. The molecule has 25 heavy (non-hydrogen) atoms. The van der Waals surface area contributed by atoms with Crippen LogP contribution in [0.3, 0.4) is 0 Å². The van der Waals surface area contributed by atoms with Crippen molar-refractivity contribution >= 4 is 22.5 Å². The molecule has 3 aromatic rings. The van der Waals surface area contributed by atoms with Crippen molar-refractivity contribution in [2.45, 2.75) is 12.6 Å². The van der Waals surface area contributed by atoms with Crippen molar-refractivity contribution in [3.63, 3.8) is 0 Å². The summed E-state index contributed by atoms with van der Waals surface area (Å²) in [4.78, 5) is 12.8. The lowest BCUT2D eigenvalue weighted by Gasteiger charge is -2.06. The fourth-order valence-corrected chi connectivity index (χ4v) is 4.10. The molecule has 0 amide bonds. The maximum Gasteiger partial charge on any atom is 0.295 e. The van der Waals surface area contributed by atoms with Crippen LogP contribution < -0.4 is 10.9 Å². The molecule has 2 aromatic heterocycles. The zero-order valence-electron chi connectivity index (χ0n) is 13.2. The lowest BCUT2D eigenvalue weighted by molar-refractivity contribution is 0.503. The Balaban J connectivity index is 1.56. The summed E-state index contributed by atoms with van der Waals surface area (Å²) in [5, 5.41) is 12.8. The van der Waals surface area contributed by atoms with Gasteiger partial charge in [-0.1, -0.05) is 29.8 Å². The van der Waals surface area contributed by atoms with Crippen molar-refractivity contribution < 1.29 is 4.39 Å². The van der Waals surface area contributed by atoms with Gasteiger partial charge < -0.3 is 5.32 Å². The van der Waals surface area contributed by atoms with Crippen LogP contribution in [0.4, 0.5) is 4.39 Å². The second kappa shape index (κ2) is 5.37. The highest BCUT2D eigenvalue weighted by atomic mass is 35.5. The third-order valence-corrected chi connectivity index (χ3v) is 5.65. The Morgan fingerprint density at radius 3 is 2.80 bits per heavy atom. The summed E-state index contributed by atoms with van der Waals surface area (Å²) in [6.45, 7) is 2.01. The van der Waals surface area contributed by atoms with Gasteiger partial charge in [0.15, 0.2) is 5.52 Å². The van der Waals surface area contributed by atoms with Gasteiger partial charge >= 0.3 is 0 Å². The predicted molar refractivity (Wildman–Crippen MR) is 91.2 cm³/mol. The molecule has 2 unspecified atom stereocenters.